The van der Waals surface area contributed by atoms with Gasteiger partial charge in [0, 0.05) is 29.0 Å². The molecule has 0 aliphatic heterocycles. The maximum atomic E-state index is 12.3. The lowest BCUT2D eigenvalue weighted by atomic mass is 10.1. The van der Waals surface area contributed by atoms with E-state index in [9.17, 15) is 14.4 Å². The topological polar surface area (TPSA) is 72.5 Å². The second kappa shape index (κ2) is 9.37. The van der Waals surface area contributed by atoms with Crippen molar-refractivity contribution in [3.8, 4) is 0 Å². The highest BCUT2D eigenvalue weighted by molar-refractivity contribution is 8.14. The second-order valence-corrected chi connectivity index (χ2v) is 7.93. The molecule has 0 aliphatic rings. The van der Waals surface area contributed by atoms with Gasteiger partial charge in [-0.1, -0.05) is 42.5 Å². The van der Waals surface area contributed by atoms with Crippen LogP contribution in [0.3, 0.4) is 0 Å². The Morgan fingerprint density at radius 2 is 1.63 bits per heavy atom. The predicted molar refractivity (Wildman–Crippen MR) is 106 cm³/mol. The Bertz CT molecular complexity index is 812. The molecule has 0 spiro atoms. The summed E-state index contributed by atoms with van der Waals surface area (Å²) in [5.41, 5.74) is 0.540. The first-order valence-corrected chi connectivity index (χ1v) is 9.43. The highest BCUT2D eigenvalue weighted by Gasteiger charge is 2.16. The number of carbonyl (C=O) groups excluding carboxylic acids is 3. The van der Waals surface area contributed by atoms with Gasteiger partial charge >= 0.3 is 6.09 Å². The average molecular weight is 385 g/mol. The SMILES string of the molecule is CC(C)(C)OC(=O)NCCC(=O)c1cccc(SC(=O)c2ccccc2)c1. The van der Waals surface area contributed by atoms with Crippen molar-refractivity contribution in [3.63, 3.8) is 0 Å². The second-order valence-electron chi connectivity index (χ2n) is 6.89. The molecule has 27 heavy (non-hydrogen) atoms. The third-order valence-electron chi connectivity index (χ3n) is 3.40. The van der Waals surface area contributed by atoms with E-state index in [-0.39, 0.29) is 23.9 Å². The van der Waals surface area contributed by atoms with Gasteiger partial charge in [0.05, 0.1) is 0 Å². The van der Waals surface area contributed by atoms with Gasteiger partial charge in [0.25, 0.3) is 0 Å². The molecular weight excluding hydrogens is 362 g/mol. The number of amides is 1. The van der Waals surface area contributed by atoms with Crippen molar-refractivity contribution in [1.82, 2.24) is 5.32 Å². The number of ketones is 1. The number of hydrogen-bond donors (Lipinski definition) is 1. The van der Waals surface area contributed by atoms with E-state index in [0.717, 1.165) is 11.8 Å². The molecular formula is C21H23NO4S. The van der Waals surface area contributed by atoms with E-state index >= 15 is 0 Å². The zero-order chi connectivity index (χ0) is 19.9. The minimum absolute atomic E-state index is 0.0770. The first kappa shape index (κ1) is 20.7. The van der Waals surface area contributed by atoms with Crippen LogP contribution in [0.2, 0.25) is 0 Å². The predicted octanol–water partition coefficient (Wildman–Crippen LogP) is 4.72. The number of thioether (sulfide) groups is 1. The van der Waals surface area contributed by atoms with Crippen LogP contribution in [0.25, 0.3) is 0 Å². The van der Waals surface area contributed by atoms with Crippen molar-refractivity contribution in [2.75, 3.05) is 6.54 Å². The summed E-state index contributed by atoms with van der Waals surface area (Å²) in [6.45, 7) is 5.51. The molecule has 0 unspecified atom stereocenters. The van der Waals surface area contributed by atoms with E-state index in [2.05, 4.69) is 5.32 Å². The molecule has 2 aromatic rings. The number of nitrogens with one attached hydrogen (secondary N) is 1. The van der Waals surface area contributed by atoms with Crippen LogP contribution in [0.15, 0.2) is 59.5 Å². The summed E-state index contributed by atoms with van der Waals surface area (Å²) in [6.07, 6.45) is -0.395. The van der Waals surface area contributed by atoms with Crippen LogP contribution < -0.4 is 5.32 Å². The molecule has 0 aromatic heterocycles. The van der Waals surface area contributed by atoms with Gasteiger partial charge in [0.1, 0.15) is 5.60 Å². The van der Waals surface area contributed by atoms with Gasteiger partial charge < -0.3 is 10.1 Å². The molecule has 0 atom stereocenters. The van der Waals surface area contributed by atoms with Crippen LogP contribution >= 0.6 is 11.8 Å². The molecule has 1 amide bonds. The maximum absolute atomic E-state index is 12.3. The fourth-order valence-corrected chi connectivity index (χ4v) is 3.01. The van der Waals surface area contributed by atoms with Crippen LogP contribution in [-0.4, -0.2) is 29.1 Å². The Morgan fingerprint density at radius 3 is 2.30 bits per heavy atom. The van der Waals surface area contributed by atoms with E-state index in [1.54, 1.807) is 57.2 Å². The number of hydrogen-bond acceptors (Lipinski definition) is 5. The lowest BCUT2D eigenvalue weighted by Gasteiger charge is -2.19. The van der Waals surface area contributed by atoms with Gasteiger partial charge in [-0.05, 0) is 44.7 Å². The van der Waals surface area contributed by atoms with Crippen molar-refractivity contribution in [2.45, 2.75) is 37.7 Å². The summed E-state index contributed by atoms with van der Waals surface area (Å²) in [6, 6.07) is 15.9. The van der Waals surface area contributed by atoms with Gasteiger partial charge in [0.2, 0.25) is 5.12 Å². The molecule has 0 heterocycles. The number of carbonyl (C=O) groups is 3. The lowest BCUT2D eigenvalue weighted by Crippen LogP contribution is -2.33. The van der Waals surface area contributed by atoms with Gasteiger partial charge in [-0.2, -0.15) is 0 Å². The molecule has 142 valence electrons. The molecule has 0 aliphatic carbocycles. The minimum atomic E-state index is -0.578. The summed E-state index contributed by atoms with van der Waals surface area (Å²) < 4.78 is 5.13. The molecule has 0 bridgehead atoms. The molecule has 0 saturated carbocycles. The Balaban J connectivity index is 1.89. The summed E-state index contributed by atoms with van der Waals surface area (Å²) in [7, 11) is 0. The number of Topliss-reactive ketones (excluding diaryl/α,β-unsaturated/α-hetero) is 1. The van der Waals surface area contributed by atoms with Crippen LogP contribution in [0.1, 0.15) is 47.9 Å². The van der Waals surface area contributed by atoms with E-state index in [4.69, 9.17) is 4.74 Å². The molecule has 1 N–H and O–H groups in total. The Labute approximate surface area is 163 Å². The van der Waals surface area contributed by atoms with E-state index < -0.39 is 11.7 Å². The summed E-state index contributed by atoms with van der Waals surface area (Å²) >= 11 is 1.08. The van der Waals surface area contributed by atoms with E-state index in [1.165, 1.54) is 0 Å². The third kappa shape index (κ3) is 7.27. The van der Waals surface area contributed by atoms with Crippen LogP contribution in [0.5, 0.6) is 0 Å². The summed E-state index contributed by atoms with van der Waals surface area (Å²) in [5, 5.41) is 2.49. The summed E-state index contributed by atoms with van der Waals surface area (Å²) in [5.74, 6) is -0.110. The largest absolute Gasteiger partial charge is 0.444 e. The lowest BCUT2D eigenvalue weighted by molar-refractivity contribution is 0.0527. The average Bonchev–Trinajstić information content (AvgIpc) is 2.61. The first-order valence-electron chi connectivity index (χ1n) is 8.62. The smallest absolute Gasteiger partial charge is 0.407 e. The molecule has 2 aromatic carbocycles. The monoisotopic (exact) mass is 385 g/mol. The van der Waals surface area contributed by atoms with E-state index in [1.807, 2.05) is 18.2 Å². The summed E-state index contributed by atoms with van der Waals surface area (Å²) in [4.78, 5) is 36.9. The molecule has 0 saturated heterocycles. The normalized spacial score (nSPS) is 10.9. The molecule has 2 rings (SSSR count). The highest BCUT2D eigenvalue weighted by Crippen LogP contribution is 2.24. The van der Waals surface area contributed by atoms with Crippen molar-refractivity contribution < 1.29 is 19.1 Å². The number of rotatable bonds is 6. The Hall–Kier alpha value is -2.60. The Morgan fingerprint density at radius 1 is 0.963 bits per heavy atom. The molecule has 0 fully saturated rings. The molecule has 0 radical (unpaired) electrons. The zero-order valence-electron chi connectivity index (χ0n) is 15.7. The third-order valence-corrected chi connectivity index (χ3v) is 4.31. The Kier molecular flexibility index (Phi) is 7.19. The highest BCUT2D eigenvalue weighted by atomic mass is 32.2. The first-order chi connectivity index (χ1) is 12.7. The van der Waals surface area contributed by atoms with Crippen molar-refractivity contribution in [3.05, 3.63) is 65.7 Å². The zero-order valence-corrected chi connectivity index (χ0v) is 16.5. The fraction of sp³-hybridized carbons (Fsp3) is 0.286. The van der Waals surface area contributed by atoms with Gasteiger partial charge in [-0.3, -0.25) is 9.59 Å². The maximum Gasteiger partial charge on any atom is 0.407 e. The number of ether oxygens (including phenoxy) is 1. The molecule has 5 nitrogen and oxygen atoms in total. The van der Waals surface area contributed by atoms with Crippen molar-refractivity contribution >= 4 is 28.8 Å². The standard InChI is InChI=1S/C21H23NO4S/c1-21(2,3)26-20(25)22-13-12-18(23)16-10-7-11-17(14-16)27-19(24)15-8-5-4-6-9-15/h4-11,14H,12-13H2,1-3H3,(H,22,25). The minimum Gasteiger partial charge on any atom is -0.444 e. The van der Waals surface area contributed by atoms with E-state index in [0.29, 0.717) is 16.0 Å². The number of alkyl carbamates (subject to hydrolysis) is 1. The molecule has 6 heteroatoms. The fourth-order valence-electron chi connectivity index (χ4n) is 2.21. The number of benzene rings is 2. The quantitative estimate of drug-likeness (QED) is 0.575. The van der Waals surface area contributed by atoms with Gasteiger partial charge in [-0.25, -0.2) is 4.79 Å². The van der Waals surface area contributed by atoms with Crippen molar-refractivity contribution in [2.24, 2.45) is 0 Å². The van der Waals surface area contributed by atoms with Crippen molar-refractivity contribution in [1.29, 1.82) is 0 Å². The van der Waals surface area contributed by atoms with Crippen LogP contribution in [0.4, 0.5) is 4.79 Å². The van der Waals surface area contributed by atoms with Crippen LogP contribution in [0, 0.1) is 0 Å². The van der Waals surface area contributed by atoms with Gasteiger partial charge in [-0.15, -0.1) is 0 Å². The van der Waals surface area contributed by atoms with Crippen LogP contribution in [-0.2, 0) is 4.74 Å². The van der Waals surface area contributed by atoms with Gasteiger partial charge in [0.15, 0.2) is 5.78 Å².